The highest BCUT2D eigenvalue weighted by molar-refractivity contribution is 7.91. The van der Waals surface area contributed by atoms with Crippen LogP contribution in [-0.2, 0) is 9.84 Å². The molecule has 3 N–H and O–H groups in total. The first kappa shape index (κ1) is 11.3. The van der Waals surface area contributed by atoms with Crippen LogP contribution in [0.3, 0.4) is 0 Å². The Bertz CT molecular complexity index is 649. The van der Waals surface area contributed by atoms with Crippen molar-refractivity contribution in [2.24, 2.45) is 5.73 Å². The molecule has 0 radical (unpaired) electrons. The number of rotatable bonds is 3. The molecule has 2 aromatic heterocycles. The van der Waals surface area contributed by atoms with Crippen LogP contribution >= 0.6 is 0 Å². The first-order chi connectivity index (χ1) is 8.03. The molecular weight excluding hydrogens is 244 g/mol. The van der Waals surface area contributed by atoms with Gasteiger partial charge in [-0.3, -0.25) is 9.89 Å². The fourth-order valence-electron chi connectivity index (χ4n) is 1.29. The van der Waals surface area contributed by atoms with Crippen molar-refractivity contribution in [3.8, 4) is 0 Å². The Balaban J connectivity index is 2.67. The van der Waals surface area contributed by atoms with Gasteiger partial charge in [0.05, 0.1) is 11.8 Å². The lowest BCUT2D eigenvalue weighted by Gasteiger charge is -2.04. The molecule has 0 bridgehead atoms. The molecule has 0 aromatic carbocycles. The van der Waals surface area contributed by atoms with E-state index in [9.17, 15) is 13.2 Å². The summed E-state index contributed by atoms with van der Waals surface area (Å²) < 4.78 is 24.2. The zero-order valence-electron chi connectivity index (χ0n) is 8.49. The summed E-state index contributed by atoms with van der Waals surface area (Å²) in [5.41, 5.74) is 4.94. The number of primary amides is 1. The maximum Gasteiger partial charge on any atom is 0.251 e. The van der Waals surface area contributed by atoms with Gasteiger partial charge < -0.3 is 5.73 Å². The van der Waals surface area contributed by atoms with E-state index in [0.717, 1.165) is 0 Å². The smallest absolute Gasteiger partial charge is 0.251 e. The van der Waals surface area contributed by atoms with Gasteiger partial charge in [0.15, 0.2) is 10.1 Å². The van der Waals surface area contributed by atoms with Crippen molar-refractivity contribution >= 4 is 15.7 Å². The van der Waals surface area contributed by atoms with E-state index in [1.807, 2.05) is 0 Å². The number of nitrogens with one attached hydrogen (secondary N) is 1. The van der Waals surface area contributed by atoms with Crippen molar-refractivity contribution in [2.75, 3.05) is 0 Å². The third-order valence-corrected chi connectivity index (χ3v) is 3.70. The number of hydrogen-bond acceptors (Lipinski definition) is 5. The lowest BCUT2D eigenvalue weighted by molar-refractivity contribution is 0.0996. The van der Waals surface area contributed by atoms with E-state index < -0.39 is 15.7 Å². The largest absolute Gasteiger partial charge is 0.366 e. The zero-order valence-corrected chi connectivity index (χ0v) is 9.31. The van der Waals surface area contributed by atoms with Gasteiger partial charge in [0.2, 0.25) is 9.84 Å². The number of hydrogen-bond donors (Lipinski definition) is 2. The standard InChI is InChI=1S/C9H8N4O3S/c10-8(14)6-2-1-4-11-9(6)17(15,16)7-3-5-12-13-7/h1-5H,(H2,10,14)(H,12,13). The molecule has 1 amide bonds. The lowest BCUT2D eigenvalue weighted by atomic mass is 10.3. The third kappa shape index (κ3) is 1.89. The quantitative estimate of drug-likeness (QED) is 0.779. The van der Waals surface area contributed by atoms with E-state index in [2.05, 4.69) is 15.2 Å². The van der Waals surface area contributed by atoms with Crippen molar-refractivity contribution in [3.63, 3.8) is 0 Å². The number of amides is 1. The number of aromatic amines is 1. The van der Waals surface area contributed by atoms with Crippen LogP contribution in [0.4, 0.5) is 0 Å². The Labute approximate surface area is 96.6 Å². The number of carbonyl (C=O) groups is 1. The molecule has 0 aliphatic carbocycles. The Morgan fingerprint density at radius 3 is 2.65 bits per heavy atom. The monoisotopic (exact) mass is 252 g/mol. The van der Waals surface area contributed by atoms with Gasteiger partial charge in [-0.2, -0.15) is 5.10 Å². The number of H-pyrrole nitrogens is 1. The van der Waals surface area contributed by atoms with E-state index in [4.69, 9.17) is 5.73 Å². The molecule has 0 aliphatic heterocycles. The summed E-state index contributed by atoms with van der Waals surface area (Å²) in [6.45, 7) is 0. The van der Waals surface area contributed by atoms with Crippen LogP contribution in [0.1, 0.15) is 10.4 Å². The van der Waals surface area contributed by atoms with Crippen LogP contribution in [-0.4, -0.2) is 29.5 Å². The predicted molar refractivity (Wildman–Crippen MR) is 56.8 cm³/mol. The summed E-state index contributed by atoms with van der Waals surface area (Å²) in [6.07, 6.45) is 2.56. The first-order valence-electron chi connectivity index (χ1n) is 4.53. The predicted octanol–water partition coefficient (Wildman–Crippen LogP) is -0.264. The number of carbonyl (C=O) groups excluding carboxylic acids is 1. The van der Waals surface area contributed by atoms with Gasteiger partial charge in [-0.05, 0) is 18.2 Å². The molecule has 0 spiro atoms. The average molecular weight is 252 g/mol. The third-order valence-electron chi connectivity index (χ3n) is 2.06. The minimum atomic E-state index is -3.90. The second kappa shape index (κ2) is 3.98. The fraction of sp³-hybridized carbons (Fsp3) is 0. The number of aromatic nitrogens is 3. The highest BCUT2D eigenvalue weighted by Gasteiger charge is 2.25. The molecule has 88 valence electrons. The Hall–Kier alpha value is -2.22. The molecule has 7 nitrogen and oxygen atoms in total. The van der Waals surface area contributed by atoms with Crippen molar-refractivity contribution in [1.29, 1.82) is 0 Å². The van der Waals surface area contributed by atoms with Gasteiger partial charge in [0, 0.05) is 6.20 Å². The first-order valence-corrected chi connectivity index (χ1v) is 6.01. The van der Waals surface area contributed by atoms with Crippen LogP contribution in [0.2, 0.25) is 0 Å². The van der Waals surface area contributed by atoms with Gasteiger partial charge in [-0.15, -0.1) is 0 Å². The Morgan fingerprint density at radius 1 is 1.29 bits per heavy atom. The molecule has 0 aliphatic rings. The molecule has 0 fully saturated rings. The number of nitrogens with two attached hydrogens (primary N) is 1. The SMILES string of the molecule is NC(=O)c1cccnc1S(=O)(=O)c1ccn[nH]1. The van der Waals surface area contributed by atoms with Gasteiger partial charge >= 0.3 is 0 Å². The van der Waals surface area contributed by atoms with E-state index in [1.165, 1.54) is 30.6 Å². The number of sulfone groups is 1. The highest BCUT2D eigenvalue weighted by Crippen LogP contribution is 2.19. The molecule has 0 saturated carbocycles. The summed E-state index contributed by atoms with van der Waals surface area (Å²) in [5, 5.41) is 5.33. The number of pyridine rings is 1. The van der Waals surface area contributed by atoms with Crippen molar-refractivity contribution in [3.05, 3.63) is 36.2 Å². The van der Waals surface area contributed by atoms with Crippen LogP contribution in [0.15, 0.2) is 40.6 Å². The van der Waals surface area contributed by atoms with Gasteiger partial charge in [0.25, 0.3) is 5.91 Å². The van der Waals surface area contributed by atoms with Crippen molar-refractivity contribution in [1.82, 2.24) is 15.2 Å². The summed E-state index contributed by atoms with van der Waals surface area (Å²) in [5.74, 6) is -0.851. The summed E-state index contributed by atoms with van der Waals surface area (Å²) in [6, 6.07) is 4.01. The molecule has 0 saturated heterocycles. The maximum atomic E-state index is 12.1. The van der Waals surface area contributed by atoms with E-state index in [0.29, 0.717) is 0 Å². The van der Waals surface area contributed by atoms with E-state index in [1.54, 1.807) is 0 Å². The van der Waals surface area contributed by atoms with Crippen molar-refractivity contribution in [2.45, 2.75) is 10.1 Å². The van der Waals surface area contributed by atoms with E-state index >= 15 is 0 Å². The highest BCUT2D eigenvalue weighted by atomic mass is 32.2. The molecule has 2 heterocycles. The van der Waals surface area contributed by atoms with Crippen LogP contribution in [0, 0.1) is 0 Å². The molecule has 8 heteroatoms. The molecule has 0 atom stereocenters. The molecule has 2 aromatic rings. The van der Waals surface area contributed by atoms with Gasteiger partial charge in [-0.25, -0.2) is 13.4 Å². The molecule has 17 heavy (non-hydrogen) atoms. The maximum absolute atomic E-state index is 12.1. The van der Waals surface area contributed by atoms with Crippen molar-refractivity contribution < 1.29 is 13.2 Å². The zero-order chi connectivity index (χ0) is 12.5. The normalized spacial score (nSPS) is 11.3. The fourth-order valence-corrected chi connectivity index (χ4v) is 2.57. The molecule has 2 rings (SSSR count). The minimum Gasteiger partial charge on any atom is -0.366 e. The molecular formula is C9H8N4O3S. The summed E-state index contributed by atoms with van der Waals surface area (Å²) >= 11 is 0. The van der Waals surface area contributed by atoms with Crippen LogP contribution < -0.4 is 5.73 Å². The van der Waals surface area contributed by atoms with Gasteiger partial charge in [-0.1, -0.05) is 0 Å². The van der Waals surface area contributed by atoms with Crippen LogP contribution in [0.25, 0.3) is 0 Å². The lowest BCUT2D eigenvalue weighted by Crippen LogP contribution is -2.17. The summed E-state index contributed by atoms with van der Waals surface area (Å²) in [4.78, 5) is 14.8. The second-order valence-electron chi connectivity index (χ2n) is 3.14. The summed E-state index contributed by atoms with van der Waals surface area (Å²) in [7, 11) is -3.90. The molecule has 0 unspecified atom stereocenters. The Kier molecular flexibility index (Phi) is 2.64. The van der Waals surface area contributed by atoms with Gasteiger partial charge in [0.1, 0.15) is 0 Å². The Morgan fingerprint density at radius 2 is 2.06 bits per heavy atom. The number of nitrogens with zero attached hydrogens (tertiary/aromatic N) is 2. The minimum absolute atomic E-state index is 0.140. The van der Waals surface area contributed by atoms with E-state index in [-0.39, 0.29) is 15.6 Å². The topological polar surface area (TPSA) is 119 Å². The second-order valence-corrected chi connectivity index (χ2v) is 4.98. The van der Waals surface area contributed by atoms with Crippen LogP contribution in [0.5, 0.6) is 0 Å². The average Bonchev–Trinajstić information content (AvgIpc) is 2.83.